The van der Waals surface area contributed by atoms with Crippen molar-refractivity contribution in [2.45, 2.75) is 65.5 Å². The highest BCUT2D eigenvalue weighted by Gasteiger charge is 2.27. The predicted octanol–water partition coefficient (Wildman–Crippen LogP) is 5.30. The summed E-state index contributed by atoms with van der Waals surface area (Å²) >= 11 is 1.39. The van der Waals surface area contributed by atoms with Crippen LogP contribution >= 0.6 is 11.3 Å². The second-order valence-corrected chi connectivity index (χ2v) is 8.44. The molecule has 1 aliphatic rings. The van der Waals surface area contributed by atoms with Gasteiger partial charge >= 0.3 is 12.0 Å². The molecule has 0 aliphatic heterocycles. The zero-order chi connectivity index (χ0) is 20.8. The van der Waals surface area contributed by atoms with Crippen molar-refractivity contribution in [2.75, 3.05) is 11.9 Å². The fourth-order valence-corrected chi connectivity index (χ4v) is 4.36. The SMILES string of the molecule is CCOC(=O)c1csc(CN(C(=O)Nc2ccc(C)c(C)c2)C2CCCCC2)n1. The number of carbonyl (C=O) groups is 2. The van der Waals surface area contributed by atoms with Crippen molar-refractivity contribution in [1.29, 1.82) is 0 Å². The standard InChI is InChI=1S/C22H29N3O3S/c1-4-28-21(26)19-14-29-20(24-19)13-25(18-8-6-5-7-9-18)22(27)23-17-11-10-15(2)16(3)12-17/h10-12,14,18H,4-9,13H2,1-3H3,(H,23,27). The van der Waals surface area contributed by atoms with E-state index in [1.807, 2.05) is 30.0 Å². The quantitative estimate of drug-likeness (QED) is 0.650. The van der Waals surface area contributed by atoms with E-state index in [1.165, 1.54) is 23.3 Å². The van der Waals surface area contributed by atoms with Gasteiger partial charge in [-0.2, -0.15) is 0 Å². The number of benzene rings is 1. The molecule has 6 nitrogen and oxygen atoms in total. The molecule has 1 saturated carbocycles. The van der Waals surface area contributed by atoms with Gasteiger partial charge in [-0.3, -0.25) is 0 Å². The van der Waals surface area contributed by atoms with E-state index in [-0.39, 0.29) is 12.1 Å². The van der Waals surface area contributed by atoms with Gasteiger partial charge < -0.3 is 15.0 Å². The number of hydrogen-bond acceptors (Lipinski definition) is 5. The van der Waals surface area contributed by atoms with Crippen LogP contribution in [0.15, 0.2) is 23.6 Å². The topological polar surface area (TPSA) is 71.5 Å². The zero-order valence-electron chi connectivity index (χ0n) is 17.4. The number of amides is 2. The molecule has 0 radical (unpaired) electrons. The second kappa shape index (κ2) is 9.87. The van der Waals surface area contributed by atoms with E-state index in [2.05, 4.69) is 17.2 Å². The molecule has 0 spiro atoms. The highest BCUT2D eigenvalue weighted by atomic mass is 32.1. The number of anilines is 1. The van der Waals surface area contributed by atoms with Gasteiger partial charge in [-0.05, 0) is 56.9 Å². The zero-order valence-corrected chi connectivity index (χ0v) is 18.2. The molecular formula is C22H29N3O3S. The number of hydrogen-bond donors (Lipinski definition) is 1. The molecule has 1 N–H and O–H groups in total. The summed E-state index contributed by atoms with van der Waals surface area (Å²) in [6, 6.07) is 6.01. The van der Waals surface area contributed by atoms with Gasteiger partial charge in [-0.15, -0.1) is 11.3 Å². The van der Waals surface area contributed by atoms with Crippen molar-refractivity contribution >= 4 is 29.0 Å². The predicted molar refractivity (Wildman–Crippen MR) is 115 cm³/mol. The van der Waals surface area contributed by atoms with Crippen LogP contribution in [0.5, 0.6) is 0 Å². The van der Waals surface area contributed by atoms with Gasteiger partial charge in [0.25, 0.3) is 0 Å². The Morgan fingerprint density at radius 3 is 2.66 bits per heavy atom. The minimum absolute atomic E-state index is 0.118. The average molecular weight is 416 g/mol. The minimum Gasteiger partial charge on any atom is -0.461 e. The van der Waals surface area contributed by atoms with Crippen molar-refractivity contribution in [3.8, 4) is 0 Å². The van der Waals surface area contributed by atoms with Gasteiger partial charge in [0, 0.05) is 17.1 Å². The lowest BCUT2D eigenvalue weighted by atomic mass is 9.94. The highest BCUT2D eigenvalue weighted by Crippen LogP contribution is 2.26. The number of carbonyl (C=O) groups excluding carboxylic acids is 2. The molecule has 0 bridgehead atoms. The lowest BCUT2D eigenvalue weighted by Gasteiger charge is -2.34. The number of thiazole rings is 1. The summed E-state index contributed by atoms with van der Waals surface area (Å²) in [4.78, 5) is 31.3. The molecule has 0 atom stereocenters. The Bertz CT molecular complexity index is 859. The molecule has 1 heterocycles. The molecule has 2 aromatic rings. The van der Waals surface area contributed by atoms with Crippen LogP contribution in [-0.4, -0.2) is 34.5 Å². The number of urea groups is 1. The molecule has 1 aromatic heterocycles. The number of rotatable bonds is 6. The fraction of sp³-hybridized carbons (Fsp3) is 0.500. The normalized spacial score (nSPS) is 14.4. The van der Waals surface area contributed by atoms with Crippen molar-refractivity contribution in [3.63, 3.8) is 0 Å². The van der Waals surface area contributed by atoms with Gasteiger partial charge in [0.2, 0.25) is 0 Å². The van der Waals surface area contributed by atoms with E-state index in [0.29, 0.717) is 18.8 Å². The van der Waals surface area contributed by atoms with Crippen LogP contribution in [0.4, 0.5) is 10.5 Å². The number of aromatic nitrogens is 1. The Labute approximate surface area is 176 Å². The third-order valence-corrected chi connectivity index (χ3v) is 6.21. The van der Waals surface area contributed by atoms with Crippen LogP contribution in [0, 0.1) is 13.8 Å². The van der Waals surface area contributed by atoms with E-state index >= 15 is 0 Å². The monoisotopic (exact) mass is 415 g/mol. The Kier molecular flexibility index (Phi) is 7.25. The molecular weight excluding hydrogens is 386 g/mol. The van der Waals surface area contributed by atoms with Gasteiger partial charge in [-0.25, -0.2) is 14.6 Å². The van der Waals surface area contributed by atoms with Gasteiger partial charge in [0.1, 0.15) is 5.01 Å². The Morgan fingerprint density at radius 2 is 1.97 bits per heavy atom. The Balaban J connectivity index is 1.76. The maximum absolute atomic E-state index is 13.2. The maximum Gasteiger partial charge on any atom is 0.357 e. The van der Waals surface area contributed by atoms with E-state index in [0.717, 1.165) is 41.9 Å². The molecule has 2 amide bonds. The van der Waals surface area contributed by atoms with Crippen LogP contribution in [0.3, 0.4) is 0 Å². The Morgan fingerprint density at radius 1 is 1.21 bits per heavy atom. The summed E-state index contributed by atoms with van der Waals surface area (Å²) in [7, 11) is 0. The van der Waals surface area contributed by atoms with Crippen LogP contribution in [0.2, 0.25) is 0 Å². The number of ether oxygens (including phenoxy) is 1. The smallest absolute Gasteiger partial charge is 0.357 e. The first-order valence-electron chi connectivity index (χ1n) is 10.2. The fourth-order valence-electron chi connectivity index (χ4n) is 3.60. The third kappa shape index (κ3) is 5.56. The first kappa shape index (κ1) is 21.3. The van der Waals surface area contributed by atoms with Crippen molar-refractivity contribution < 1.29 is 14.3 Å². The number of esters is 1. The molecule has 0 saturated heterocycles. The van der Waals surface area contributed by atoms with Gasteiger partial charge in [-0.1, -0.05) is 25.3 Å². The average Bonchev–Trinajstić information content (AvgIpc) is 3.19. The van der Waals surface area contributed by atoms with Crippen molar-refractivity contribution in [1.82, 2.24) is 9.88 Å². The number of nitrogens with zero attached hydrogens (tertiary/aromatic N) is 2. The first-order chi connectivity index (χ1) is 14.0. The van der Waals surface area contributed by atoms with Crippen molar-refractivity contribution in [2.24, 2.45) is 0 Å². The number of nitrogens with one attached hydrogen (secondary N) is 1. The lowest BCUT2D eigenvalue weighted by molar-refractivity contribution is 0.0520. The van der Waals surface area contributed by atoms with Crippen molar-refractivity contribution in [3.05, 3.63) is 45.4 Å². The minimum atomic E-state index is -0.418. The van der Waals surface area contributed by atoms with Crippen LogP contribution < -0.4 is 5.32 Å². The molecule has 3 rings (SSSR count). The summed E-state index contributed by atoms with van der Waals surface area (Å²) in [5.41, 5.74) is 3.45. The van der Waals surface area contributed by atoms with E-state index in [1.54, 1.807) is 12.3 Å². The van der Waals surface area contributed by atoms with E-state index in [9.17, 15) is 9.59 Å². The van der Waals surface area contributed by atoms with Gasteiger partial charge in [0.05, 0.1) is 13.2 Å². The lowest BCUT2D eigenvalue weighted by Crippen LogP contribution is -2.43. The second-order valence-electron chi connectivity index (χ2n) is 7.50. The largest absolute Gasteiger partial charge is 0.461 e. The van der Waals surface area contributed by atoms with Crippen LogP contribution in [0.1, 0.15) is 65.7 Å². The molecule has 156 valence electrons. The third-order valence-electron chi connectivity index (χ3n) is 5.38. The molecule has 1 aromatic carbocycles. The summed E-state index contributed by atoms with van der Waals surface area (Å²) in [5.74, 6) is -0.418. The summed E-state index contributed by atoms with van der Waals surface area (Å²) in [5, 5.41) is 5.50. The summed E-state index contributed by atoms with van der Waals surface area (Å²) in [6.45, 7) is 6.58. The van der Waals surface area contributed by atoms with E-state index in [4.69, 9.17) is 4.74 Å². The van der Waals surface area contributed by atoms with Gasteiger partial charge in [0.15, 0.2) is 5.69 Å². The molecule has 0 unspecified atom stereocenters. The Hall–Kier alpha value is -2.41. The van der Waals surface area contributed by atoms with Crippen LogP contribution in [0.25, 0.3) is 0 Å². The summed E-state index contributed by atoms with van der Waals surface area (Å²) in [6.07, 6.45) is 5.47. The van der Waals surface area contributed by atoms with Crippen LogP contribution in [-0.2, 0) is 11.3 Å². The van der Waals surface area contributed by atoms with E-state index < -0.39 is 5.97 Å². The highest BCUT2D eigenvalue weighted by molar-refractivity contribution is 7.09. The number of aryl methyl sites for hydroxylation is 2. The molecule has 29 heavy (non-hydrogen) atoms. The first-order valence-corrected chi connectivity index (χ1v) is 11.1. The maximum atomic E-state index is 13.2. The molecule has 1 aliphatic carbocycles. The summed E-state index contributed by atoms with van der Waals surface area (Å²) < 4.78 is 5.02. The molecule has 1 fully saturated rings. The molecule has 7 heteroatoms.